The van der Waals surface area contributed by atoms with Gasteiger partial charge in [-0.2, -0.15) is 0 Å². The summed E-state index contributed by atoms with van der Waals surface area (Å²) in [4.78, 5) is 0. The van der Waals surface area contributed by atoms with E-state index in [1.807, 2.05) is 0 Å². The fraction of sp³-hybridized carbons (Fsp3) is 1.00. The van der Waals surface area contributed by atoms with Crippen LogP contribution in [0.2, 0.25) is 38.3 Å². The van der Waals surface area contributed by atoms with Gasteiger partial charge < -0.3 is 13.6 Å². The van der Waals surface area contributed by atoms with Gasteiger partial charge in [0.05, 0.1) is 13.2 Å². The van der Waals surface area contributed by atoms with Crippen LogP contribution in [-0.4, -0.2) is 35.6 Å². The fourth-order valence-corrected chi connectivity index (χ4v) is 12.8. The van der Waals surface area contributed by atoms with Crippen molar-refractivity contribution in [1.82, 2.24) is 0 Å². The molecule has 1 fully saturated rings. The average molecular weight is 305 g/mol. The monoisotopic (exact) mass is 304 g/mol. The summed E-state index contributed by atoms with van der Waals surface area (Å²) in [5.74, 6) is -0.370. The fourth-order valence-electron chi connectivity index (χ4n) is 3.13. The Balaban J connectivity index is 2.66. The van der Waals surface area contributed by atoms with E-state index in [1.165, 1.54) is 12.5 Å². The van der Waals surface area contributed by atoms with Crippen LogP contribution in [0.15, 0.2) is 0 Å². The standard InChI is InChI=1S/C14H32O3Si2/c1-7-12-18(3,4)17-19(5,6)13-14(8-2)15-10-9-11-16-14/h7-13H2,1-6H3. The molecule has 1 rings (SSSR count). The van der Waals surface area contributed by atoms with E-state index >= 15 is 0 Å². The van der Waals surface area contributed by atoms with Crippen LogP contribution in [0.25, 0.3) is 0 Å². The molecule has 0 spiro atoms. The van der Waals surface area contributed by atoms with E-state index in [0.717, 1.165) is 32.1 Å². The second kappa shape index (κ2) is 6.85. The average Bonchev–Trinajstić information content (AvgIpc) is 2.27. The highest BCUT2D eigenvalue weighted by Gasteiger charge is 2.43. The van der Waals surface area contributed by atoms with Crippen molar-refractivity contribution >= 4 is 16.6 Å². The first-order chi connectivity index (χ1) is 8.74. The summed E-state index contributed by atoms with van der Waals surface area (Å²) in [6, 6.07) is 2.20. The smallest absolute Gasteiger partial charge is 0.178 e. The molecule has 0 atom stereocenters. The second-order valence-electron chi connectivity index (χ2n) is 6.86. The molecule has 0 aliphatic carbocycles. The Kier molecular flexibility index (Phi) is 6.26. The third-order valence-corrected chi connectivity index (χ3v) is 11.2. The molecule has 0 aromatic rings. The molecule has 0 saturated carbocycles. The summed E-state index contributed by atoms with van der Waals surface area (Å²) >= 11 is 0. The Bertz CT molecular complexity index is 274. The van der Waals surface area contributed by atoms with Crippen LogP contribution in [-0.2, 0) is 13.6 Å². The molecule has 1 aliphatic rings. The molecule has 1 aliphatic heterocycles. The second-order valence-corrected chi connectivity index (χ2v) is 15.6. The van der Waals surface area contributed by atoms with Crippen LogP contribution in [0.3, 0.4) is 0 Å². The molecule has 0 amide bonds. The van der Waals surface area contributed by atoms with Crippen molar-refractivity contribution in [2.75, 3.05) is 13.2 Å². The molecule has 0 unspecified atom stereocenters. The number of hydrogen-bond acceptors (Lipinski definition) is 3. The predicted molar refractivity (Wildman–Crippen MR) is 85.5 cm³/mol. The number of hydrogen-bond donors (Lipinski definition) is 0. The van der Waals surface area contributed by atoms with Crippen molar-refractivity contribution in [2.45, 2.75) is 77.2 Å². The maximum absolute atomic E-state index is 6.61. The minimum absolute atomic E-state index is 0.370. The maximum atomic E-state index is 6.61. The highest BCUT2D eigenvalue weighted by molar-refractivity contribution is 6.84. The van der Waals surface area contributed by atoms with E-state index in [4.69, 9.17) is 13.6 Å². The van der Waals surface area contributed by atoms with Gasteiger partial charge in [-0.25, -0.2) is 0 Å². The van der Waals surface area contributed by atoms with Gasteiger partial charge in [-0.3, -0.25) is 0 Å². The minimum Gasteiger partial charge on any atom is -0.455 e. The molecule has 5 heteroatoms. The molecule has 0 aromatic heterocycles. The van der Waals surface area contributed by atoms with Crippen molar-refractivity contribution < 1.29 is 13.6 Å². The van der Waals surface area contributed by atoms with Gasteiger partial charge in [0, 0.05) is 6.04 Å². The highest BCUT2D eigenvalue weighted by Crippen LogP contribution is 2.34. The summed E-state index contributed by atoms with van der Waals surface area (Å²) in [7, 11) is -3.26. The van der Waals surface area contributed by atoms with E-state index < -0.39 is 16.6 Å². The van der Waals surface area contributed by atoms with E-state index in [-0.39, 0.29) is 5.79 Å². The zero-order valence-electron chi connectivity index (χ0n) is 13.7. The van der Waals surface area contributed by atoms with Crippen LogP contribution in [0, 0.1) is 0 Å². The summed E-state index contributed by atoms with van der Waals surface area (Å²) < 4.78 is 18.6. The molecule has 0 bridgehead atoms. The summed E-state index contributed by atoms with van der Waals surface area (Å²) in [5.41, 5.74) is 0. The third-order valence-electron chi connectivity index (χ3n) is 3.66. The molecule has 3 nitrogen and oxygen atoms in total. The van der Waals surface area contributed by atoms with Gasteiger partial charge in [-0.15, -0.1) is 0 Å². The molecule has 0 aromatic carbocycles. The normalized spacial score (nSPS) is 20.5. The zero-order valence-corrected chi connectivity index (χ0v) is 15.7. The molecule has 1 heterocycles. The first-order valence-corrected chi connectivity index (χ1v) is 14.0. The first-order valence-electron chi connectivity index (χ1n) is 7.72. The molecule has 1 saturated heterocycles. The Labute approximate surface area is 121 Å². The molecule has 0 N–H and O–H groups in total. The van der Waals surface area contributed by atoms with Crippen molar-refractivity contribution in [3.05, 3.63) is 0 Å². The quantitative estimate of drug-likeness (QED) is 0.654. The van der Waals surface area contributed by atoms with Crippen LogP contribution in [0.1, 0.15) is 33.1 Å². The molecule has 0 radical (unpaired) electrons. The Morgan fingerprint density at radius 3 is 2.05 bits per heavy atom. The minimum atomic E-state index is -1.74. The summed E-state index contributed by atoms with van der Waals surface area (Å²) in [6.07, 6.45) is 3.15. The lowest BCUT2D eigenvalue weighted by Crippen LogP contribution is -2.52. The molecule has 19 heavy (non-hydrogen) atoms. The van der Waals surface area contributed by atoms with Crippen molar-refractivity contribution in [3.63, 3.8) is 0 Å². The lowest BCUT2D eigenvalue weighted by Gasteiger charge is -2.43. The van der Waals surface area contributed by atoms with Crippen LogP contribution in [0.5, 0.6) is 0 Å². The summed E-state index contributed by atoms with van der Waals surface area (Å²) in [5, 5.41) is 0. The SMILES string of the molecule is CCC[Si](C)(C)O[Si](C)(C)CC1(CC)OCCCO1. The Morgan fingerprint density at radius 1 is 1.00 bits per heavy atom. The Hall–Kier alpha value is 0.314. The van der Waals surface area contributed by atoms with Gasteiger partial charge in [-0.05, 0) is 45.1 Å². The van der Waals surface area contributed by atoms with Crippen molar-refractivity contribution in [2.24, 2.45) is 0 Å². The molecule has 114 valence electrons. The van der Waals surface area contributed by atoms with Gasteiger partial charge in [0.15, 0.2) is 22.4 Å². The lowest BCUT2D eigenvalue weighted by atomic mass is 10.2. The van der Waals surface area contributed by atoms with E-state index in [9.17, 15) is 0 Å². The van der Waals surface area contributed by atoms with Gasteiger partial charge in [0.2, 0.25) is 0 Å². The predicted octanol–water partition coefficient (Wildman–Crippen LogP) is 4.37. The third kappa shape index (κ3) is 5.67. The maximum Gasteiger partial charge on any atom is 0.178 e. The van der Waals surface area contributed by atoms with Gasteiger partial charge in [0.1, 0.15) is 0 Å². The van der Waals surface area contributed by atoms with Crippen LogP contribution in [0.4, 0.5) is 0 Å². The van der Waals surface area contributed by atoms with Crippen molar-refractivity contribution in [3.8, 4) is 0 Å². The van der Waals surface area contributed by atoms with E-state index in [0.29, 0.717) is 0 Å². The molecular formula is C14H32O3Si2. The van der Waals surface area contributed by atoms with Crippen LogP contribution >= 0.6 is 0 Å². The van der Waals surface area contributed by atoms with E-state index in [1.54, 1.807) is 0 Å². The Morgan fingerprint density at radius 2 is 1.58 bits per heavy atom. The van der Waals surface area contributed by atoms with Gasteiger partial charge in [0.25, 0.3) is 0 Å². The van der Waals surface area contributed by atoms with Crippen molar-refractivity contribution in [1.29, 1.82) is 0 Å². The van der Waals surface area contributed by atoms with E-state index in [2.05, 4.69) is 40.0 Å². The lowest BCUT2D eigenvalue weighted by molar-refractivity contribution is -0.257. The summed E-state index contributed by atoms with van der Waals surface area (Å²) in [6.45, 7) is 15.4. The van der Waals surface area contributed by atoms with Crippen LogP contribution < -0.4 is 0 Å². The largest absolute Gasteiger partial charge is 0.455 e. The number of ether oxygens (including phenoxy) is 2. The molecular weight excluding hydrogens is 272 g/mol. The topological polar surface area (TPSA) is 27.7 Å². The zero-order chi connectivity index (χ0) is 14.6. The van der Waals surface area contributed by atoms with Gasteiger partial charge >= 0.3 is 0 Å². The van der Waals surface area contributed by atoms with Gasteiger partial charge in [-0.1, -0.05) is 20.3 Å². The number of rotatable bonds is 7. The highest BCUT2D eigenvalue weighted by atomic mass is 28.4. The first kappa shape index (κ1) is 17.4.